The normalized spacial score (nSPS) is 14.8. The molecule has 1 aliphatic carbocycles. The van der Waals surface area contributed by atoms with Crippen LogP contribution in [0, 0.1) is 6.92 Å². The smallest absolute Gasteiger partial charge is 0.242 e. The first-order valence-electron chi connectivity index (χ1n) is 14.3. The van der Waals surface area contributed by atoms with Gasteiger partial charge in [0.2, 0.25) is 11.8 Å². The van der Waals surface area contributed by atoms with Gasteiger partial charge in [0.1, 0.15) is 0 Å². The second kappa shape index (κ2) is 11.6. The molecule has 1 aliphatic heterocycles. The van der Waals surface area contributed by atoms with Crippen molar-refractivity contribution in [1.29, 1.82) is 0 Å². The van der Waals surface area contributed by atoms with Gasteiger partial charge in [-0.2, -0.15) is 5.10 Å². The highest BCUT2D eigenvalue weighted by Gasteiger charge is 2.29. The lowest BCUT2D eigenvalue weighted by molar-refractivity contribution is -0.130. The first kappa shape index (κ1) is 26.3. The Morgan fingerprint density at radius 1 is 1.08 bits per heavy atom. The number of aromatic nitrogens is 2. The van der Waals surface area contributed by atoms with Gasteiger partial charge in [-0.3, -0.25) is 14.3 Å². The van der Waals surface area contributed by atoms with Crippen molar-refractivity contribution >= 4 is 28.4 Å². The fourth-order valence-electron chi connectivity index (χ4n) is 6.02. The van der Waals surface area contributed by atoms with E-state index in [0.717, 1.165) is 68.3 Å². The second-order valence-electron chi connectivity index (χ2n) is 11.0. The van der Waals surface area contributed by atoms with Crippen LogP contribution >= 0.6 is 0 Å². The van der Waals surface area contributed by atoms with E-state index < -0.39 is 0 Å². The Kier molecular flexibility index (Phi) is 8.01. The van der Waals surface area contributed by atoms with Crippen LogP contribution < -0.4 is 10.2 Å². The number of hydrogen-bond donors (Lipinski definition) is 1. The number of unbranched alkanes of at least 4 members (excludes halogenated alkanes) is 2. The SMILES string of the molecule is CCCCCNC(=O)CN(CC(=O)N(C)C1Cc2ccccc2C1)c1cc2nn3c(c2cc1C)CCCC3. The number of carbonyl (C=O) groups is 2. The average Bonchev–Trinajstić information content (AvgIpc) is 3.51. The van der Waals surface area contributed by atoms with E-state index in [0.29, 0.717) is 6.54 Å². The van der Waals surface area contributed by atoms with Crippen LogP contribution in [0.25, 0.3) is 10.9 Å². The number of likely N-dealkylation sites (N-methyl/N-ethyl adjacent to an activating group) is 1. The van der Waals surface area contributed by atoms with Gasteiger partial charge in [0.05, 0.1) is 18.6 Å². The Balaban J connectivity index is 1.37. The van der Waals surface area contributed by atoms with Crippen molar-refractivity contribution in [1.82, 2.24) is 20.0 Å². The van der Waals surface area contributed by atoms with Crippen LogP contribution in [0.4, 0.5) is 5.69 Å². The zero-order chi connectivity index (χ0) is 26.6. The van der Waals surface area contributed by atoms with Crippen molar-refractivity contribution in [3.05, 3.63) is 58.8 Å². The van der Waals surface area contributed by atoms with Gasteiger partial charge in [0.15, 0.2) is 0 Å². The molecule has 2 aromatic carbocycles. The maximum Gasteiger partial charge on any atom is 0.242 e. The number of nitrogens with one attached hydrogen (secondary N) is 1. The Morgan fingerprint density at radius 3 is 2.58 bits per heavy atom. The van der Waals surface area contributed by atoms with E-state index in [1.54, 1.807) is 0 Å². The van der Waals surface area contributed by atoms with Gasteiger partial charge < -0.3 is 15.1 Å². The van der Waals surface area contributed by atoms with Crippen molar-refractivity contribution in [3.63, 3.8) is 0 Å². The number of aryl methyl sites for hydroxylation is 3. The third-order valence-electron chi connectivity index (χ3n) is 8.27. The number of fused-ring (bicyclic) bond motifs is 4. The zero-order valence-corrected chi connectivity index (χ0v) is 23.1. The average molecular weight is 516 g/mol. The summed E-state index contributed by atoms with van der Waals surface area (Å²) >= 11 is 0. The lowest BCUT2D eigenvalue weighted by atomic mass is 10.0. The van der Waals surface area contributed by atoms with Crippen molar-refractivity contribution in [2.45, 2.75) is 77.8 Å². The van der Waals surface area contributed by atoms with Gasteiger partial charge in [-0.1, -0.05) is 44.0 Å². The molecule has 1 N–H and O–H groups in total. The van der Waals surface area contributed by atoms with Crippen LogP contribution in [0.15, 0.2) is 36.4 Å². The monoisotopic (exact) mass is 515 g/mol. The van der Waals surface area contributed by atoms with Crippen LogP contribution in [0.1, 0.15) is 61.4 Å². The quantitative estimate of drug-likeness (QED) is 0.406. The van der Waals surface area contributed by atoms with Crippen molar-refractivity contribution < 1.29 is 9.59 Å². The van der Waals surface area contributed by atoms with E-state index in [-0.39, 0.29) is 30.9 Å². The van der Waals surface area contributed by atoms with Gasteiger partial charge in [-0.05, 0) is 74.3 Å². The molecule has 0 fully saturated rings. The fraction of sp³-hybridized carbons (Fsp3) is 0.516. The minimum atomic E-state index is -0.0477. The molecule has 0 saturated carbocycles. The molecule has 0 atom stereocenters. The predicted octanol–water partition coefficient (Wildman–Crippen LogP) is 4.42. The van der Waals surface area contributed by atoms with Gasteiger partial charge in [0.25, 0.3) is 0 Å². The zero-order valence-electron chi connectivity index (χ0n) is 23.1. The van der Waals surface area contributed by atoms with E-state index >= 15 is 0 Å². The van der Waals surface area contributed by atoms with Crippen LogP contribution in [0.2, 0.25) is 0 Å². The first-order valence-corrected chi connectivity index (χ1v) is 14.3. The standard InChI is InChI=1S/C31H41N5O2/c1-4-5-9-14-32-30(37)20-35(21-31(38)34(3)25-17-23-11-6-7-12-24(23)18-25)29-19-27-26(16-22(29)2)28-13-8-10-15-36(28)33-27/h6-7,11-12,16,19,25H,4-5,8-10,13-15,17-18,20-21H2,1-3H3,(H,32,37). The molecule has 0 unspecified atom stereocenters. The summed E-state index contributed by atoms with van der Waals surface area (Å²) in [5.74, 6) is -0.0151. The molecule has 7 nitrogen and oxygen atoms in total. The Labute approximate surface area is 226 Å². The van der Waals surface area contributed by atoms with Crippen LogP contribution in [0.3, 0.4) is 0 Å². The highest BCUT2D eigenvalue weighted by Crippen LogP contribution is 2.31. The number of hydrogen-bond acceptors (Lipinski definition) is 4. The third-order valence-corrected chi connectivity index (χ3v) is 8.27. The van der Waals surface area contributed by atoms with Gasteiger partial charge in [-0.25, -0.2) is 0 Å². The van der Waals surface area contributed by atoms with Crippen molar-refractivity contribution in [2.24, 2.45) is 0 Å². The van der Waals surface area contributed by atoms with E-state index in [1.807, 2.05) is 16.8 Å². The molecule has 0 radical (unpaired) electrons. The molecule has 5 rings (SSSR count). The number of nitrogens with zero attached hydrogens (tertiary/aromatic N) is 4. The van der Waals surface area contributed by atoms with Crippen LogP contribution in [0.5, 0.6) is 0 Å². The number of amides is 2. The molecule has 2 aliphatic rings. The van der Waals surface area contributed by atoms with E-state index in [2.05, 4.69) is 60.2 Å². The summed E-state index contributed by atoms with van der Waals surface area (Å²) in [6, 6.07) is 12.9. The predicted molar refractivity (Wildman–Crippen MR) is 153 cm³/mol. The molecule has 38 heavy (non-hydrogen) atoms. The number of benzene rings is 2. The first-order chi connectivity index (χ1) is 18.4. The molecule has 0 bridgehead atoms. The lowest BCUT2D eigenvalue weighted by Crippen LogP contribution is -2.47. The summed E-state index contributed by atoms with van der Waals surface area (Å²) in [7, 11) is 1.90. The van der Waals surface area contributed by atoms with Gasteiger partial charge in [0, 0.05) is 42.9 Å². The van der Waals surface area contributed by atoms with Crippen LogP contribution in [-0.4, -0.2) is 59.2 Å². The summed E-state index contributed by atoms with van der Waals surface area (Å²) < 4.78 is 2.14. The maximum atomic E-state index is 13.6. The molecule has 1 aromatic heterocycles. The summed E-state index contributed by atoms with van der Waals surface area (Å²) in [5, 5.41) is 9.14. The van der Waals surface area contributed by atoms with Crippen LogP contribution in [-0.2, 0) is 35.4 Å². The molecule has 202 valence electrons. The van der Waals surface area contributed by atoms with Gasteiger partial charge in [-0.15, -0.1) is 0 Å². The molecule has 7 heteroatoms. The Bertz CT molecular complexity index is 1290. The number of anilines is 1. The molecular formula is C31H41N5O2. The summed E-state index contributed by atoms with van der Waals surface area (Å²) in [4.78, 5) is 30.4. The van der Waals surface area contributed by atoms with E-state index in [1.165, 1.54) is 28.6 Å². The summed E-state index contributed by atoms with van der Waals surface area (Å²) in [6.45, 7) is 6.16. The van der Waals surface area contributed by atoms with Crippen molar-refractivity contribution in [3.8, 4) is 0 Å². The third kappa shape index (κ3) is 5.57. The van der Waals surface area contributed by atoms with E-state index in [4.69, 9.17) is 5.10 Å². The lowest BCUT2D eigenvalue weighted by Gasteiger charge is -2.30. The molecular weight excluding hydrogens is 474 g/mol. The largest absolute Gasteiger partial charge is 0.355 e. The van der Waals surface area contributed by atoms with Crippen molar-refractivity contribution in [2.75, 3.05) is 31.6 Å². The summed E-state index contributed by atoms with van der Waals surface area (Å²) in [5.41, 5.74) is 6.88. The number of carbonyl (C=O) groups excluding carboxylic acids is 2. The molecule has 3 aromatic rings. The minimum absolute atomic E-state index is 0.0326. The Morgan fingerprint density at radius 2 is 1.84 bits per heavy atom. The Hall–Kier alpha value is -3.35. The molecule has 2 heterocycles. The number of rotatable bonds is 10. The van der Waals surface area contributed by atoms with Gasteiger partial charge >= 0.3 is 0 Å². The van der Waals surface area contributed by atoms with E-state index in [9.17, 15) is 9.59 Å². The highest BCUT2D eigenvalue weighted by atomic mass is 16.2. The topological polar surface area (TPSA) is 70.5 Å². The summed E-state index contributed by atoms with van der Waals surface area (Å²) in [6.07, 6.45) is 8.33. The minimum Gasteiger partial charge on any atom is -0.355 e. The molecule has 0 spiro atoms. The second-order valence-corrected chi connectivity index (χ2v) is 11.0. The molecule has 0 saturated heterocycles. The molecule has 2 amide bonds. The maximum absolute atomic E-state index is 13.6. The highest BCUT2D eigenvalue weighted by molar-refractivity contribution is 5.91. The fourth-order valence-corrected chi connectivity index (χ4v) is 6.02.